The third-order valence-corrected chi connectivity index (χ3v) is 4.90. The van der Waals surface area contributed by atoms with E-state index >= 15 is 0 Å². The Morgan fingerprint density at radius 1 is 1.22 bits per heavy atom. The van der Waals surface area contributed by atoms with Gasteiger partial charge < -0.3 is 15.9 Å². The first-order valence-corrected chi connectivity index (χ1v) is 7.64. The Bertz CT molecular complexity index is 673. The number of nitrogens with two attached hydrogens (primary N) is 1. The summed E-state index contributed by atoms with van der Waals surface area (Å²) in [6.07, 6.45) is 8.05. The van der Waals surface area contributed by atoms with E-state index in [0.717, 1.165) is 5.56 Å². The van der Waals surface area contributed by atoms with E-state index in [1.54, 1.807) is 24.3 Å². The largest absolute Gasteiger partial charge is 0.508 e. The van der Waals surface area contributed by atoms with Gasteiger partial charge in [0.25, 0.3) is 0 Å². The lowest BCUT2D eigenvalue weighted by Gasteiger charge is -2.12. The van der Waals surface area contributed by atoms with Gasteiger partial charge in [0.15, 0.2) is 5.78 Å². The average Bonchev–Trinajstić information content (AvgIpc) is 3.15. The van der Waals surface area contributed by atoms with Crippen molar-refractivity contribution in [2.24, 2.45) is 17.1 Å². The van der Waals surface area contributed by atoms with Gasteiger partial charge in [-0.3, -0.25) is 9.59 Å². The Morgan fingerprint density at radius 3 is 2.39 bits per heavy atom. The van der Waals surface area contributed by atoms with Crippen LogP contribution < -0.4 is 5.73 Å². The topological polar surface area (TPSA) is 101 Å². The predicted octanol–water partition coefficient (Wildman–Crippen LogP) is 1.98. The molecule has 0 amide bonds. The van der Waals surface area contributed by atoms with Gasteiger partial charge in [0.05, 0.1) is 0 Å². The fraction of sp³-hybridized carbons (Fsp3) is 0.333. The molecule has 0 aliphatic heterocycles. The van der Waals surface area contributed by atoms with Crippen LogP contribution in [0, 0.1) is 11.3 Å². The van der Waals surface area contributed by atoms with E-state index in [2.05, 4.69) is 0 Å². The van der Waals surface area contributed by atoms with Crippen molar-refractivity contribution in [2.75, 3.05) is 0 Å². The summed E-state index contributed by atoms with van der Waals surface area (Å²) >= 11 is 0. The summed E-state index contributed by atoms with van der Waals surface area (Å²) in [5, 5.41) is 18.4. The molecular formula is C18H19NO4. The molecule has 1 spiro atoms. The second kappa shape index (κ2) is 5.66. The van der Waals surface area contributed by atoms with Crippen molar-refractivity contribution in [1.29, 1.82) is 0 Å². The van der Waals surface area contributed by atoms with Gasteiger partial charge in [-0.05, 0) is 48.6 Å². The standard InChI is InChI=1S/C18H19NO4/c19-15(17(22)23)6-5-14-16(11-1-3-12(20)4-2-11)18(14)9-7-13(21)8-10-18/h1-4,7-10,14-16,20H,5-6,19H2,(H,22,23)/t14?,15-,16?/m0/s1. The van der Waals surface area contributed by atoms with Crippen LogP contribution in [0.5, 0.6) is 5.75 Å². The van der Waals surface area contributed by atoms with Crippen molar-refractivity contribution in [1.82, 2.24) is 0 Å². The quantitative estimate of drug-likeness (QED) is 0.771. The molecule has 1 fully saturated rings. The highest BCUT2D eigenvalue weighted by Gasteiger charge is 2.61. The van der Waals surface area contributed by atoms with Crippen LogP contribution in [0.15, 0.2) is 48.6 Å². The molecule has 2 unspecified atom stereocenters. The van der Waals surface area contributed by atoms with Crippen molar-refractivity contribution in [2.45, 2.75) is 24.8 Å². The van der Waals surface area contributed by atoms with Gasteiger partial charge in [0, 0.05) is 11.3 Å². The molecule has 2 aliphatic carbocycles. The molecule has 1 aromatic carbocycles. The Hall–Kier alpha value is -2.40. The van der Waals surface area contributed by atoms with Crippen LogP contribution in [-0.2, 0) is 9.59 Å². The van der Waals surface area contributed by atoms with Gasteiger partial charge in [-0.15, -0.1) is 0 Å². The number of carboxylic acid groups (broad SMARTS) is 1. The molecule has 0 aromatic heterocycles. The monoisotopic (exact) mass is 313 g/mol. The predicted molar refractivity (Wildman–Crippen MR) is 84.9 cm³/mol. The Balaban J connectivity index is 1.82. The van der Waals surface area contributed by atoms with Gasteiger partial charge in [0.1, 0.15) is 11.8 Å². The molecule has 0 saturated heterocycles. The number of carbonyl (C=O) groups is 2. The highest BCUT2D eigenvalue weighted by Crippen LogP contribution is 2.69. The number of phenolic OH excluding ortho intramolecular Hbond substituents is 1. The summed E-state index contributed by atoms with van der Waals surface area (Å²) in [6.45, 7) is 0. The van der Waals surface area contributed by atoms with Gasteiger partial charge in [-0.1, -0.05) is 24.3 Å². The maximum absolute atomic E-state index is 11.4. The lowest BCUT2D eigenvalue weighted by Crippen LogP contribution is -2.30. The molecule has 3 atom stereocenters. The summed E-state index contributed by atoms with van der Waals surface area (Å²) in [5.74, 6) is -0.445. The number of allylic oxidation sites excluding steroid dienone is 4. The number of hydrogen-bond acceptors (Lipinski definition) is 4. The number of rotatable bonds is 5. The number of carbonyl (C=O) groups excluding carboxylic acids is 1. The molecular weight excluding hydrogens is 294 g/mol. The minimum atomic E-state index is -0.995. The second-order valence-electron chi connectivity index (χ2n) is 6.27. The Kier molecular flexibility index (Phi) is 3.82. The number of ketones is 1. The molecule has 1 aromatic rings. The minimum absolute atomic E-state index is 0.0343. The van der Waals surface area contributed by atoms with E-state index in [9.17, 15) is 14.7 Å². The maximum atomic E-state index is 11.4. The fourth-order valence-electron chi connectivity index (χ4n) is 3.62. The molecule has 1 saturated carbocycles. The number of aliphatic carboxylic acids is 1. The third-order valence-electron chi connectivity index (χ3n) is 4.90. The molecule has 3 rings (SSSR count). The van der Waals surface area contributed by atoms with Crippen molar-refractivity contribution in [3.63, 3.8) is 0 Å². The van der Waals surface area contributed by atoms with Crippen LogP contribution in [0.1, 0.15) is 24.3 Å². The number of hydrogen-bond donors (Lipinski definition) is 3. The summed E-state index contributed by atoms with van der Waals surface area (Å²) in [6, 6.07) is 6.16. The highest BCUT2D eigenvalue weighted by atomic mass is 16.4. The van der Waals surface area contributed by atoms with E-state index in [-0.39, 0.29) is 28.8 Å². The zero-order chi connectivity index (χ0) is 16.6. The third kappa shape index (κ3) is 2.80. The van der Waals surface area contributed by atoms with E-state index in [4.69, 9.17) is 10.8 Å². The molecule has 0 heterocycles. The first kappa shape index (κ1) is 15.5. The molecule has 23 heavy (non-hydrogen) atoms. The number of phenols is 1. The van der Waals surface area contributed by atoms with Crippen LogP contribution in [0.3, 0.4) is 0 Å². The summed E-state index contributed by atoms with van der Waals surface area (Å²) in [7, 11) is 0. The highest BCUT2D eigenvalue weighted by molar-refractivity contribution is 6.00. The maximum Gasteiger partial charge on any atom is 0.320 e. The smallest absolute Gasteiger partial charge is 0.320 e. The summed E-state index contributed by atoms with van der Waals surface area (Å²) < 4.78 is 0. The number of benzene rings is 1. The molecule has 2 aliphatic rings. The first-order valence-electron chi connectivity index (χ1n) is 7.64. The lowest BCUT2D eigenvalue weighted by molar-refractivity contribution is -0.138. The second-order valence-corrected chi connectivity index (χ2v) is 6.27. The first-order chi connectivity index (χ1) is 10.9. The van der Waals surface area contributed by atoms with Crippen molar-refractivity contribution < 1.29 is 19.8 Å². The minimum Gasteiger partial charge on any atom is -0.508 e. The van der Waals surface area contributed by atoms with Crippen LogP contribution in [0.2, 0.25) is 0 Å². The Morgan fingerprint density at radius 2 is 1.83 bits per heavy atom. The number of aromatic hydroxyl groups is 1. The van der Waals surface area contributed by atoms with Crippen molar-refractivity contribution >= 4 is 11.8 Å². The van der Waals surface area contributed by atoms with E-state index in [0.29, 0.717) is 12.8 Å². The van der Waals surface area contributed by atoms with Crippen molar-refractivity contribution in [3.8, 4) is 5.75 Å². The zero-order valence-electron chi connectivity index (χ0n) is 12.6. The van der Waals surface area contributed by atoms with E-state index in [1.807, 2.05) is 24.3 Å². The molecule has 4 N–H and O–H groups in total. The molecule has 120 valence electrons. The average molecular weight is 313 g/mol. The molecule has 0 bridgehead atoms. The normalized spacial score (nSPS) is 25.5. The van der Waals surface area contributed by atoms with Gasteiger partial charge in [-0.2, -0.15) is 0 Å². The van der Waals surface area contributed by atoms with Gasteiger partial charge in [-0.25, -0.2) is 0 Å². The molecule has 5 heteroatoms. The Labute approximate surface area is 134 Å². The van der Waals surface area contributed by atoms with Crippen LogP contribution >= 0.6 is 0 Å². The van der Waals surface area contributed by atoms with Crippen molar-refractivity contribution in [3.05, 3.63) is 54.1 Å². The molecule has 0 radical (unpaired) electrons. The fourth-order valence-corrected chi connectivity index (χ4v) is 3.62. The summed E-state index contributed by atoms with van der Waals surface area (Å²) in [4.78, 5) is 22.3. The van der Waals surface area contributed by atoms with Crippen LogP contribution in [0.4, 0.5) is 0 Å². The zero-order valence-corrected chi connectivity index (χ0v) is 12.6. The number of carboxylic acids is 1. The molecule has 5 nitrogen and oxygen atoms in total. The van der Waals surface area contributed by atoms with Crippen LogP contribution in [-0.4, -0.2) is 28.0 Å². The summed E-state index contributed by atoms with van der Waals surface area (Å²) in [5.41, 5.74) is 6.44. The van der Waals surface area contributed by atoms with Gasteiger partial charge >= 0.3 is 5.97 Å². The lowest BCUT2D eigenvalue weighted by atomic mass is 9.92. The van der Waals surface area contributed by atoms with E-state index < -0.39 is 12.0 Å². The van der Waals surface area contributed by atoms with Crippen LogP contribution in [0.25, 0.3) is 0 Å². The van der Waals surface area contributed by atoms with E-state index in [1.165, 1.54) is 0 Å². The SMILES string of the molecule is N[C@@H](CCC1C(c2ccc(O)cc2)C12C=CC(=O)C=C2)C(=O)O. The van der Waals surface area contributed by atoms with Gasteiger partial charge in [0.2, 0.25) is 0 Å².